The summed E-state index contributed by atoms with van der Waals surface area (Å²) in [4.78, 5) is 23.8. The Hall–Kier alpha value is -2.39. The molecule has 0 aliphatic carbocycles. The van der Waals surface area contributed by atoms with Gasteiger partial charge in [-0.15, -0.1) is 0 Å². The quantitative estimate of drug-likeness (QED) is 0.0226. The molecule has 0 saturated carbocycles. The van der Waals surface area contributed by atoms with Crippen molar-refractivity contribution < 1.29 is 63.5 Å². The van der Waals surface area contributed by atoms with Gasteiger partial charge in [-0.3, -0.25) is 14.1 Å². The molecule has 12 nitrogen and oxygen atoms in total. The molecule has 0 saturated heterocycles. The van der Waals surface area contributed by atoms with Crippen LogP contribution in [0, 0.1) is 28.2 Å². The highest BCUT2D eigenvalue weighted by molar-refractivity contribution is 14.1. The van der Waals surface area contributed by atoms with E-state index in [9.17, 15) is 49.4 Å². The highest BCUT2D eigenvalue weighted by Crippen LogP contribution is 2.53. The Kier molecular flexibility index (Phi) is 19.3. The Bertz CT molecular complexity index is 2460. The van der Waals surface area contributed by atoms with Gasteiger partial charge in [0.15, 0.2) is 23.2 Å². The summed E-state index contributed by atoms with van der Waals surface area (Å²) in [6, 6.07) is 2.92. The van der Waals surface area contributed by atoms with Gasteiger partial charge in [0, 0.05) is 77.2 Å². The van der Waals surface area contributed by atoms with Gasteiger partial charge in [0.2, 0.25) is 5.69 Å². The molecule has 2 aromatic carbocycles. The van der Waals surface area contributed by atoms with Crippen LogP contribution in [0.3, 0.4) is 0 Å². The highest BCUT2D eigenvalue weighted by Gasteiger charge is 2.50. The molecule has 2 unspecified atom stereocenters. The Morgan fingerprint density at radius 1 is 0.762 bits per heavy atom. The van der Waals surface area contributed by atoms with E-state index in [0.717, 1.165) is 40.2 Å². The van der Waals surface area contributed by atoms with Crippen LogP contribution < -0.4 is 4.90 Å². The first-order chi connectivity index (χ1) is 29.4. The van der Waals surface area contributed by atoms with Crippen LogP contribution in [0.2, 0.25) is 0 Å². The molecule has 2 aromatic rings. The number of carboxylic acid groups (broad SMARTS) is 2. The van der Waals surface area contributed by atoms with Gasteiger partial charge in [-0.2, -0.15) is 13.0 Å². The summed E-state index contributed by atoms with van der Waals surface area (Å²) in [5, 5.41) is 18.3. The van der Waals surface area contributed by atoms with Crippen LogP contribution in [-0.4, -0.2) is 83.0 Å². The van der Waals surface area contributed by atoms with E-state index in [0.29, 0.717) is 44.2 Å². The SMILES string of the molecule is CC1(CCCCCC(=O)O)C(/C=C/C=C/C=C/C=C2\N(CCCS(=O)(=O)[O-])c3cc(F)c(F)c(F)c3C2(C)CCCCCC(=O)O)=[N+](CCCS(=O)(=O)O)c2cc(I)c(I)c(I)c21. The minimum Gasteiger partial charge on any atom is -0.748 e. The molecule has 2 atom stereocenters. The summed E-state index contributed by atoms with van der Waals surface area (Å²) in [5.41, 5.74) is 1.35. The second-order valence-corrected chi connectivity index (χ2v) is 22.4. The monoisotopic (exact) mass is 1260 g/mol. The zero-order valence-corrected chi connectivity index (χ0v) is 42.8. The number of rotatable bonds is 24. The number of benzene rings is 2. The van der Waals surface area contributed by atoms with E-state index in [4.69, 9.17) is 5.11 Å². The Morgan fingerprint density at radius 2 is 1.35 bits per heavy atom. The number of carbonyl (C=O) groups is 2. The van der Waals surface area contributed by atoms with Gasteiger partial charge in [0.05, 0.1) is 32.5 Å². The van der Waals surface area contributed by atoms with E-state index in [1.54, 1.807) is 37.3 Å². The van der Waals surface area contributed by atoms with Crippen LogP contribution in [0.25, 0.3) is 0 Å². The van der Waals surface area contributed by atoms with E-state index in [-0.39, 0.29) is 56.4 Å². The summed E-state index contributed by atoms with van der Waals surface area (Å²) in [6.45, 7) is 3.95. The third-order valence-corrected chi connectivity index (χ3v) is 18.0. The topological polar surface area (TPSA) is 192 Å². The minimum atomic E-state index is -4.62. The maximum atomic E-state index is 15.7. The Labute approximate surface area is 407 Å². The molecule has 0 bridgehead atoms. The Balaban J connectivity index is 1.73. The van der Waals surface area contributed by atoms with Gasteiger partial charge < -0.3 is 19.7 Å². The van der Waals surface area contributed by atoms with E-state index in [2.05, 4.69) is 85.3 Å². The molecule has 2 aliphatic rings. The van der Waals surface area contributed by atoms with Gasteiger partial charge in [-0.25, -0.2) is 21.6 Å². The van der Waals surface area contributed by atoms with Gasteiger partial charge in [0.1, 0.15) is 6.54 Å². The van der Waals surface area contributed by atoms with Gasteiger partial charge >= 0.3 is 11.9 Å². The molecular formula is C43H50F3I3N2O10S2. The summed E-state index contributed by atoms with van der Waals surface area (Å²) >= 11 is 6.91. The van der Waals surface area contributed by atoms with Crippen LogP contribution in [0.5, 0.6) is 0 Å². The van der Waals surface area contributed by atoms with Crippen molar-refractivity contribution in [1.29, 1.82) is 0 Å². The van der Waals surface area contributed by atoms with Crippen molar-refractivity contribution in [3.05, 3.63) is 99.7 Å². The maximum absolute atomic E-state index is 15.7. The predicted molar refractivity (Wildman–Crippen MR) is 260 cm³/mol. The molecule has 2 heterocycles. The molecule has 0 spiro atoms. The highest BCUT2D eigenvalue weighted by atomic mass is 127. The fourth-order valence-corrected chi connectivity index (χ4v) is 12.1. The van der Waals surface area contributed by atoms with Crippen LogP contribution in [0.1, 0.15) is 102 Å². The summed E-state index contributed by atoms with van der Waals surface area (Å²) in [5.74, 6) is -7.48. The predicted octanol–water partition coefficient (Wildman–Crippen LogP) is 9.89. The average molecular weight is 1260 g/mol. The lowest BCUT2D eigenvalue weighted by Crippen LogP contribution is -2.32. The van der Waals surface area contributed by atoms with Crippen LogP contribution in [-0.2, 0) is 40.7 Å². The van der Waals surface area contributed by atoms with Crippen molar-refractivity contribution in [3.8, 4) is 0 Å². The van der Waals surface area contributed by atoms with Crippen molar-refractivity contribution in [1.82, 2.24) is 0 Å². The Morgan fingerprint density at radius 3 is 1.94 bits per heavy atom. The van der Waals surface area contributed by atoms with Crippen LogP contribution in [0.4, 0.5) is 24.5 Å². The number of nitrogens with zero attached hydrogens (tertiary/aromatic N) is 2. The molecule has 4 rings (SSSR count). The van der Waals surface area contributed by atoms with Gasteiger partial charge in [-0.1, -0.05) is 56.1 Å². The lowest BCUT2D eigenvalue weighted by molar-refractivity contribution is -0.437. The number of aliphatic carboxylic acids is 2. The summed E-state index contributed by atoms with van der Waals surface area (Å²) in [6.07, 6.45) is 16.2. The zero-order valence-electron chi connectivity index (χ0n) is 34.7. The fraction of sp³-hybridized carbons (Fsp3) is 0.465. The number of allylic oxidation sites excluding steroid dienone is 8. The van der Waals surface area contributed by atoms with Crippen molar-refractivity contribution >= 4 is 117 Å². The first kappa shape index (κ1) is 53.2. The first-order valence-electron chi connectivity index (χ1n) is 20.3. The lowest BCUT2D eigenvalue weighted by Gasteiger charge is -2.30. The first-order valence-corrected chi connectivity index (χ1v) is 26.7. The molecule has 346 valence electrons. The van der Waals surface area contributed by atoms with Crippen molar-refractivity contribution in [3.63, 3.8) is 0 Å². The largest absolute Gasteiger partial charge is 0.748 e. The minimum absolute atomic E-state index is 0.000514. The summed E-state index contributed by atoms with van der Waals surface area (Å²) in [7, 11) is -8.84. The van der Waals surface area contributed by atoms with E-state index in [1.165, 1.54) is 4.90 Å². The molecule has 0 fully saturated rings. The second kappa shape index (κ2) is 22.9. The second-order valence-electron chi connectivity index (χ2n) is 16.0. The number of fused-ring (bicyclic) bond motifs is 2. The van der Waals surface area contributed by atoms with E-state index < -0.39 is 72.0 Å². The maximum Gasteiger partial charge on any atom is 0.303 e. The lowest BCUT2D eigenvalue weighted by atomic mass is 9.75. The van der Waals surface area contributed by atoms with Crippen molar-refractivity contribution in [2.75, 3.05) is 29.5 Å². The van der Waals surface area contributed by atoms with Crippen molar-refractivity contribution in [2.45, 2.75) is 102 Å². The smallest absolute Gasteiger partial charge is 0.303 e. The molecule has 3 N–H and O–H groups in total. The standard InChI is InChI=1S/C43H50F3I3N2O10S2/c1-42(20-12-6-10-18-34(52)53)32(50(22-14-24-62(56,57)58)30-26-28(44)38(45)39(46)36(30)42)16-8-4-3-5-9-17-33-43(2,21-13-7-11-19-35(54)55)37-31(27-29(47)40(48)41(37)49)51(33)23-15-25-63(59,60)61/h3-5,8-9,16-17,26-27H,6-7,10-15,18-25H2,1-2H3,(H3-,52,53,54,55,56,57,58,59,60,61). The van der Waals surface area contributed by atoms with E-state index >= 15 is 4.39 Å². The third-order valence-electron chi connectivity index (χ3n) is 11.3. The molecule has 0 aromatic heterocycles. The van der Waals surface area contributed by atoms with E-state index in [1.807, 2.05) is 12.2 Å². The van der Waals surface area contributed by atoms with Gasteiger partial charge in [-0.05, 0) is 120 Å². The van der Waals surface area contributed by atoms with Gasteiger partial charge in [0.25, 0.3) is 10.1 Å². The number of hydrogen-bond donors (Lipinski definition) is 3. The molecule has 63 heavy (non-hydrogen) atoms. The molecule has 0 radical (unpaired) electrons. The summed E-state index contributed by atoms with van der Waals surface area (Å²) < 4.78 is 118. The van der Waals surface area contributed by atoms with Crippen LogP contribution >= 0.6 is 67.8 Å². The van der Waals surface area contributed by atoms with Crippen LogP contribution in [0.15, 0.2) is 60.4 Å². The number of unbranched alkanes of at least 4 members (excludes halogenated alkanes) is 4. The number of carboxylic acids is 2. The number of anilines is 1. The normalized spacial score (nSPS) is 19.7. The molecule has 2 aliphatic heterocycles. The fourth-order valence-electron chi connectivity index (χ4n) is 8.44. The molecule has 0 amide bonds. The van der Waals surface area contributed by atoms with Crippen molar-refractivity contribution in [2.24, 2.45) is 0 Å². The molecule has 20 heteroatoms. The zero-order chi connectivity index (χ0) is 46.9. The third kappa shape index (κ3) is 13.8. The average Bonchev–Trinajstić information content (AvgIpc) is 3.53. The number of halogens is 6. The number of hydrogen-bond acceptors (Lipinski definition) is 8. The molecular weight excluding hydrogens is 1210 g/mol.